The van der Waals surface area contributed by atoms with E-state index in [0.717, 1.165) is 7.11 Å². The Hall–Kier alpha value is -1.91. The molecule has 0 aliphatic carbocycles. The predicted molar refractivity (Wildman–Crippen MR) is 50.3 cm³/mol. The molecule has 0 saturated carbocycles. The molecule has 0 radical (unpaired) electrons. The minimum absolute atomic E-state index is 0.0411. The lowest BCUT2D eigenvalue weighted by Crippen LogP contribution is -2.31. The smallest absolute Gasteiger partial charge is 0.396 e. The maximum absolute atomic E-state index is 13.1. The minimum Gasteiger partial charge on any atom is -0.462 e. The Balaban J connectivity index is 2.54. The second-order valence-corrected chi connectivity index (χ2v) is 2.77. The van der Waals surface area contributed by atoms with E-state index in [2.05, 4.69) is 10.1 Å². The zero-order valence-corrected chi connectivity index (χ0v) is 8.12. The molecule has 0 saturated heterocycles. The van der Waals surface area contributed by atoms with E-state index in [4.69, 9.17) is 0 Å². The standard InChI is InChI=1S/C10H10FNO3/c1-15-10(14)9(13)12-6-7-4-2-3-5-8(7)11/h2-5H,6H2,1H3,(H,12,13). The molecular formula is C10H10FNO3. The van der Waals surface area contributed by atoms with E-state index >= 15 is 0 Å². The molecule has 80 valence electrons. The third kappa shape index (κ3) is 3.05. The molecule has 1 rings (SSSR count). The van der Waals surface area contributed by atoms with Crippen LogP contribution in [0.15, 0.2) is 24.3 Å². The minimum atomic E-state index is -0.994. The molecular weight excluding hydrogens is 201 g/mol. The third-order valence-electron chi connectivity index (χ3n) is 1.77. The van der Waals surface area contributed by atoms with Crippen molar-refractivity contribution in [1.82, 2.24) is 5.32 Å². The number of methoxy groups -OCH3 is 1. The summed E-state index contributed by atoms with van der Waals surface area (Å²) in [4.78, 5) is 21.6. The Morgan fingerprint density at radius 1 is 1.40 bits per heavy atom. The molecule has 0 unspecified atom stereocenters. The molecule has 0 aliphatic rings. The molecule has 4 nitrogen and oxygen atoms in total. The first-order valence-corrected chi connectivity index (χ1v) is 4.24. The molecule has 1 N–H and O–H groups in total. The molecule has 0 aliphatic heterocycles. The van der Waals surface area contributed by atoms with Crippen molar-refractivity contribution in [2.24, 2.45) is 0 Å². The first-order valence-electron chi connectivity index (χ1n) is 4.24. The Morgan fingerprint density at radius 3 is 2.67 bits per heavy atom. The fourth-order valence-corrected chi connectivity index (χ4v) is 0.982. The van der Waals surface area contributed by atoms with E-state index in [0.29, 0.717) is 5.56 Å². The quantitative estimate of drug-likeness (QED) is 0.576. The number of ether oxygens (including phenoxy) is 1. The van der Waals surface area contributed by atoms with Crippen molar-refractivity contribution in [3.8, 4) is 0 Å². The van der Waals surface area contributed by atoms with Crippen molar-refractivity contribution in [3.05, 3.63) is 35.6 Å². The molecule has 15 heavy (non-hydrogen) atoms. The van der Waals surface area contributed by atoms with Gasteiger partial charge in [0.05, 0.1) is 7.11 Å². The van der Waals surface area contributed by atoms with Crippen molar-refractivity contribution in [2.75, 3.05) is 7.11 Å². The van der Waals surface area contributed by atoms with E-state index in [1.165, 1.54) is 12.1 Å². The molecule has 1 aromatic carbocycles. The van der Waals surface area contributed by atoms with Gasteiger partial charge in [0.25, 0.3) is 0 Å². The van der Waals surface area contributed by atoms with E-state index in [1.807, 2.05) is 0 Å². The van der Waals surface area contributed by atoms with E-state index < -0.39 is 17.7 Å². The lowest BCUT2D eigenvalue weighted by atomic mass is 10.2. The summed E-state index contributed by atoms with van der Waals surface area (Å²) in [6.07, 6.45) is 0. The van der Waals surface area contributed by atoms with Gasteiger partial charge in [0.2, 0.25) is 0 Å². The van der Waals surface area contributed by atoms with Crippen LogP contribution in [0, 0.1) is 5.82 Å². The summed E-state index contributed by atoms with van der Waals surface area (Å²) in [7, 11) is 1.10. The number of hydrogen-bond acceptors (Lipinski definition) is 3. The molecule has 0 bridgehead atoms. The SMILES string of the molecule is COC(=O)C(=O)NCc1ccccc1F. The summed E-state index contributed by atoms with van der Waals surface area (Å²) in [6, 6.07) is 5.98. The van der Waals surface area contributed by atoms with Gasteiger partial charge in [-0.3, -0.25) is 4.79 Å². The average Bonchev–Trinajstić information content (AvgIpc) is 2.26. The monoisotopic (exact) mass is 211 g/mol. The fraction of sp³-hybridized carbons (Fsp3) is 0.200. The zero-order chi connectivity index (χ0) is 11.3. The summed E-state index contributed by atoms with van der Waals surface area (Å²) in [5.41, 5.74) is 0.315. The van der Waals surface area contributed by atoms with E-state index in [1.54, 1.807) is 12.1 Å². The maximum atomic E-state index is 13.1. The van der Waals surface area contributed by atoms with Gasteiger partial charge in [-0.1, -0.05) is 18.2 Å². The van der Waals surface area contributed by atoms with Crippen LogP contribution in [0.25, 0.3) is 0 Å². The summed E-state index contributed by atoms with van der Waals surface area (Å²) >= 11 is 0. The number of hydrogen-bond donors (Lipinski definition) is 1. The van der Waals surface area contributed by atoms with Crippen LogP contribution < -0.4 is 5.32 Å². The molecule has 0 atom stereocenters. The number of rotatable bonds is 2. The molecule has 1 amide bonds. The van der Waals surface area contributed by atoms with Crippen LogP contribution in [0.3, 0.4) is 0 Å². The Bertz CT molecular complexity index is 379. The highest BCUT2D eigenvalue weighted by Gasteiger charge is 2.13. The van der Waals surface area contributed by atoms with Gasteiger partial charge in [0, 0.05) is 12.1 Å². The van der Waals surface area contributed by atoms with E-state index in [9.17, 15) is 14.0 Å². The summed E-state index contributed by atoms with van der Waals surface area (Å²) in [5, 5.41) is 2.24. The Kier molecular flexibility index (Phi) is 3.79. The number of nitrogens with one attached hydrogen (secondary N) is 1. The van der Waals surface area contributed by atoms with Crippen LogP contribution in [0.5, 0.6) is 0 Å². The highest BCUT2D eigenvalue weighted by Crippen LogP contribution is 2.05. The summed E-state index contributed by atoms with van der Waals surface area (Å²) in [6.45, 7) is -0.0411. The van der Waals surface area contributed by atoms with Crippen LogP contribution in [-0.2, 0) is 20.9 Å². The molecule has 0 spiro atoms. The molecule has 1 aromatic rings. The maximum Gasteiger partial charge on any atom is 0.396 e. The van der Waals surface area contributed by atoms with Gasteiger partial charge in [-0.25, -0.2) is 9.18 Å². The number of esters is 1. The number of carbonyl (C=O) groups excluding carboxylic acids is 2. The van der Waals surface area contributed by atoms with Gasteiger partial charge in [0.15, 0.2) is 0 Å². The van der Waals surface area contributed by atoms with Crippen LogP contribution >= 0.6 is 0 Å². The van der Waals surface area contributed by atoms with Crippen molar-refractivity contribution >= 4 is 11.9 Å². The van der Waals surface area contributed by atoms with E-state index in [-0.39, 0.29) is 6.54 Å². The second-order valence-electron chi connectivity index (χ2n) is 2.77. The van der Waals surface area contributed by atoms with Crippen LogP contribution in [-0.4, -0.2) is 19.0 Å². The number of carbonyl (C=O) groups is 2. The highest BCUT2D eigenvalue weighted by molar-refractivity contribution is 6.32. The lowest BCUT2D eigenvalue weighted by Gasteiger charge is -2.04. The van der Waals surface area contributed by atoms with Crippen molar-refractivity contribution in [1.29, 1.82) is 0 Å². The van der Waals surface area contributed by atoms with Crippen molar-refractivity contribution in [2.45, 2.75) is 6.54 Å². The third-order valence-corrected chi connectivity index (χ3v) is 1.77. The highest BCUT2D eigenvalue weighted by atomic mass is 19.1. The Morgan fingerprint density at radius 2 is 2.07 bits per heavy atom. The van der Waals surface area contributed by atoms with Gasteiger partial charge in [-0.05, 0) is 6.07 Å². The predicted octanol–water partition coefficient (Wildman–Crippen LogP) is 0.615. The molecule has 5 heteroatoms. The van der Waals surface area contributed by atoms with Gasteiger partial charge >= 0.3 is 11.9 Å². The number of benzene rings is 1. The second kappa shape index (κ2) is 5.09. The van der Waals surface area contributed by atoms with Crippen LogP contribution in [0.2, 0.25) is 0 Å². The summed E-state index contributed by atoms with van der Waals surface area (Å²) < 4.78 is 17.2. The topological polar surface area (TPSA) is 55.4 Å². The fourth-order valence-electron chi connectivity index (χ4n) is 0.982. The normalized spacial score (nSPS) is 9.47. The number of amides is 1. The molecule has 0 fully saturated rings. The van der Waals surface area contributed by atoms with Gasteiger partial charge in [0.1, 0.15) is 5.82 Å². The first-order chi connectivity index (χ1) is 7.15. The average molecular weight is 211 g/mol. The largest absolute Gasteiger partial charge is 0.462 e. The molecule has 0 heterocycles. The lowest BCUT2D eigenvalue weighted by molar-refractivity contribution is -0.152. The molecule has 0 aromatic heterocycles. The Labute approximate surface area is 86.0 Å². The van der Waals surface area contributed by atoms with Crippen LogP contribution in [0.1, 0.15) is 5.56 Å². The van der Waals surface area contributed by atoms with Crippen molar-refractivity contribution in [3.63, 3.8) is 0 Å². The number of halogens is 1. The van der Waals surface area contributed by atoms with Gasteiger partial charge in [-0.15, -0.1) is 0 Å². The van der Waals surface area contributed by atoms with Gasteiger partial charge < -0.3 is 10.1 Å². The van der Waals surface area contributed by atoms with Crippen LogP contribution in [0.4, 0.5) is 4.39 Å². The van der Waals surface area contributed by atoms with Crippen molar-refractivity contribution < 1.29 is 18.7 Å². The van der Waals surface area contributed by atoms with Gasteiger partial charge in [-0.2, -0.15) is 0 Å². The zero-order valence-electron chi connectivity index (χ0n) is 8.12. The summed E-state index contributed by atoms with van der Waals surface area (Å²) in [5.74, 6) is -2.31. The first kappa shape index (κ1) is 11.2.